The SMILES string of the molecule is CC(C)CCC(C)(C(=O)O)N1CCOCC1. The van der Waals surface area contributed by atoms with Crippen molar-refractivity contribution < 1.29 is 14.6 Å². The van der Waals surface area contributed by atoms with Gasteiger partial charge in [0.1, 0.15) is 5.54 Å². The molecule has 0 bridgehead atoms. The van der Waals surface area contributed by atoms with E-state index in [1.54, 1.807) is 0 Å². The first kappa shape index (κ1) is 13.5. The van der Waals surface area contributed by atoms with E-state index in [2.05, 4.69) is 13.8 Å². The van der Waals surface area contributed by atoms with E-state index < -0.39 is 11.5 Å². The number of carboxylic acid groups (broad SMARTS) is 1. The lowest BCUT2D eigenvalue weighted by atomic mass is 9.90. The van der Waals surface area contributed by atoms with Crippen LogP contribution in [0, 0.1) is 5.92 Å². The molecule has 0 amide bonds. The van der Waals surface area contributed by atoms with Crippen molar-refractivity contribution in [1.82, 2.24) is 4.90 Å². The zero-order valence-corrected chi connectivity index (χ0v) is 10.5. The van der Waals surface area contributed by atoms with E-state index in [-0.39, 0.29) is 0 Å². The molecule has 1 saturated heterocycles. The maximum Gasteiger partial charge on any atom is 0.323 e. The first-order valence-corrected chi connectivity index (χ1v) is 6.03. The summed E-state index contributed by atoms with van der Waals surface area (Å²) in [4.78, 5) is 13.5. The molecule has 1 fully saturated rings. The molecule has 1 heterocycles. The molecule has 4 nitrogen and oxygen atoms in total. The average molecular weight is 229 g/mol. The zero-order valence-electron chi connectivity index (χ0n) is 10.5. The second-order valence-electron chi connectivity index (χ2n) is 5.11. The van der Waals surface area contributed by atoms with Gasteiger partial charge in [-0.15, -0.1) is 0 Å². The molecule has 0 aromatic heterocycles. The van der Waals surface area contributed by atoms with Crippen molar-refractivity contribution in [2.75, 3.05) is 26.3 Å². The van der Waals surface area contributed by atoms with E-state index in [1.165, 1.54) is 0 Å². The molecule has 1 atom stereocenters. The number of nitrogens with zero attached hydrogens (tertiary/aromatic N) is 1. The largest absolute Gasteiger partial charge is 0.480 e. The summed E-state index contributed by atoms with van der Waals surface area (Å²) in [6.07, 6.45) is 1.65. The van der Waals surface area contributed by atoms with Gasteiger partial charge in [-0.2, -0.15) is 0 Å². The lowest BCUT2D eigenvalue weighted by Gasteiger charge is -2.40. The topological polar surface area (TPSA) is 49.8 Å². The van der Waals surface area contributed by atoms with Crippen LogP contribution in [-0.4, -0.2) is 47.8 Å². The molecular weight excluding hydrogens is 206 g/mol. The predicted octanol–water partition coefficient (Wildman–Crippen LogP) is 1.60. The summed E-state index contributed by atoms with van der Waals surface area (Å²) < 4.78 is 5.27. The fraction of sp³-hybridized carbons (Fsp3) is 0.917. The number of morpholine rings is 1. The average Bonchev–Trinajstić information content (AvgIpc) is 2.26. The Kier molecular flexibility index (Phi) is 4.74. The molecule has 1 aliphatic heterocycles. The Hall–Kier alpha value is -0.610. The number of hydrogen-bond donors (Lipinski definition) is 1. The van der Waals surface area contributed by atoms with Crippen LogP contribution in [0.2, 0.25) is 0 Å². The van der Waals surface area contributed by atoms with Gasteiger partial charge in [-0.3, -0.25) is 9.69 Å². The normalized spacial score (nSPS) is 22.0. The second-order valence-corrected chi connectivity index (χ2v) is 5.11. The van der Waals surface area contributed by atoms with Crippen molar-refractivity contribution in [2.45, 2.75) is 39.2 Å². The maximum absolute atomic E-state index is 11.5. The van der Waals surface area contributed by atoms with Crippen LogP contribution < -0.4 is 0 Å². The molecule has 1 unspecified atom stereocenters. The van der Waals surface area contributed by atoms with E-state index in [4.69, 9.17) is 4.74 Å². The first-order chi connectivity index (χ1) is 7.47. The Morgan fingerprint density at radius 1 is 1.44 bits per heavy atom. The maximum atomic E-state index is 11.5. The van der Waals surface area contributed by atoms with Gasteiger partial charge < -0.3 is 9.84 Å². The summed E-state index contributed by atoms with van der Waals surface area (Å²) in [6.45, 7) is 8.82. The van der Waals surface area contributed by atoms with E-state index >= 15 is 0 Å². The summed E-state index contributed by atoms with van der Waals surface area (Å²) in [5.74, 6) is -0.172. The van der Waals surface area contributed by atoms with Crippen LogP contribution in [0.3, 0.4) is 0 Å². The summed E-state index contributed by atoms with van der Waals surface area (Å²) in [7, 11) is 0. The Labute approximate surface area is 97.6 Å². The third kappa shape index (κ3) is 3.19. The van der Waals surface area contributed by atoms with Gasteiger partial charge in [0.05, 0.1) is 13.2 Å². The Morgan fingerprint density at radius 3 is 2.44 bits per heavy atom. The summed E-state index contributed by atoms with van der Waals surface area (Å²) in [6, 6.07) is 0. The van der Waals surface area contributed by atoms with Gasteiger partial charge >= 0.3 is 5.97 Å². The van der Waals surface area contributed by atoms with Crippen LogP contribution in [-0.2, 0) is 9.53 Å². The Bertz CT molecular complexity index is 236. The molecule has 0 spiro atoms. The summed E-state index contributed by atoms with van der Waals surface area (Å²) in [5.41, 5.74) is -0.728. The molecule has 16 heavy (non-hydrogen) atoms. The lowest BCUT2D eigenvalue weighted by molar-refractivity contribution is -0.154. The molecule has 0 saturated carbocycles. The van der Waals surface area contributed by atoms with Gasteiger partial charge in [-0.05, 0) is 25.7 Å². The van der Waals surface area contributed by atoms with Crippen molar-refractivity contribution in [2.24, 2.45) is 5.92 Å². The van der Waals surface area contributed by atoms with Gasteiger partial charge in [0.25, 0.3) is 0 Å². The predicted molar refractivity (Wildman–Crippen MR) is 62.5 cm³/mol. The van der Waals surface area contributed by atoms with Gasteiger partial charge in [0, 0.05) is 13.1 Å². The van der Waals surface area contributed by atoms with Crippen molar-refractivity contribution in [3.63, 3.8) is 0 Å². The Balaban J connectivity index is 2.66. The highest BCUT2D eigenvalue weighted by Crippen LogP contribution is 2.25. The van der Waals surface area contributed by atoms with Gasteiger partial charge in [0.15, 0.2) is 0 Å². The molecule has 4 heteroatoms. The molecule has 0 aromatic rings. The highest BCUT2D eigenvalue weighted by Gasteiger charge is 2.39. The van der Waals surface area contributed by atoms with Crippen LogP contribution in [0.15, 0.2) is 0 Å². The molecule has 1 aliphatic rings. The standard InChI is InChI=1S/C12H23NO3/c1-10(2)4-5-12(3,11(14)15)13-6-8-16-9-7-13/h10H,4-9H2,1-3H3,(H,14,15). The number of aliphatic carboxylic acids is 1. The molecular formula is C12H23NO3. The number of carboxylic acids is 1. The highest BCUT2D eigenvalue weighted by atomic mass is 16.5. The number of rotatable bonds is 5. The van der Waals surface area contributed by atoms with Gasteiger partial charge in [-0.1, -0.05) is 13.8 Å². The number of hydrogen-bond acceptors (Lipinski definition) is 3. The van der Waals surface area contributed by atoms with Crippen molar-refractivity contribution in [1.29, 1.82) is 0 Å². The summed E-state index contributed by atoms with van der Waals surface area (Å²) in [5, 5.41) is 9.42. The van der Waals surface area contributed by atoms with E-state index in [9.17, 15) is 9.90 Å². The lowest BCUT2D eigenvalue weighted by Crippen LogP contribution is -2.56. The summed E-state index contributed by atoms with van der Waals surface area (Å²) >= 11 is 0. The van der Waals surface area contributed by atoms with Crippen LogP contribution >= 0.6 is 0 Å². The van der Waals surface area contributed by atoms with Gasteiger partial charge in [0.2, 0.25) is 0 Å². The minimum atomic E-state index is -0.728. The van der Waals surface area contributed by atoms with Crippen LogP contribution in [0.4, 0.5) is 0 Å². The monoisotopic (exact) mass is 229 g/mol. The van der Waals surface area contributed by atoms with Crippen LogP contribution in [0.1, 0.15) is 33.6 Å². The minimum absolute atomic E-state index is 0.541. The van der Waals surface area contributed by atoms with Crippen LogP contribution in [0.5, 0.6) is 0 Å². The first-order valence-electron chi connectivity index (χ1n) is 6.03. The quantitative estimate of drug-likeness (QED) is 0.778. The minimum Gasteiger partial charge on any atom is -0.480 e. The van der Waals surface area contributed by atoms with E-state index in [1.807, 2.05) is 11.8 Å². The molecule has 0 aromatic carbocycles. The van der Waals surface area contributed by atoms with Crippen molar-refractivity contribution >= 4 is 5.97 Å². The zero-order chi connectivity index (χ0) is 12.2. The Morgan fingerprint density at radius 2 is 2.00 bits per heavy atom. The fourth-order valence-electron chi connectivity index (χ4n) is 2.03. The third-order valence-corrected chi connectivity index (χ3v) is 3.38. The van der Waals surface area contributed by atoms with E-state index in [0.29, 0.717) is 25.6 Å². The van der Waals surface area contributed by atoms with E-state index in [0.717, 1.165) is 19.5 Å². The van der Waals surface area contributed by atoms with Crippen LogP contribution in [0.25, 0.3) is 0 Å². The molecule has 0 aliphatic carbocycles. The molecule has 94 valence electrons. The number of ether oxygens (including phenoxy) is 1. The smallest absolute Gasteiger partial charge is 0.323 e. The molecule has 0 radical (unpaired) electrons. The van der Waals surface area contributed by atoms with Crippen molar-refractivity contribution in [3.05, 3.63) is 0 Å². The molecule has 1 N–H and O–H groups in total. The third-order valence-electron chi connectivity index (χ3n) is 3.38. The fourth-order valence-corrected chi connectivity index (χ4v) is 2.03. The highest BCUT2D eigenvalue weighted by molar-refractivity contribution is 5.78. The van der Waals surface area contributed by atoms with Crippen molar-refractivity contribution in [3.8, 4) is 0 Å². The second kappa shape index (κ2) is 5.64. The van der Waals surface area contributed by atoms with Gasteiger partial charge in [-0.25, -0.2) is 0 Å². The molecule has 1 rings (SSSR count). The number of carbonyl (C=O) groups is 1.